The highest BCUT2D eigenvalue weighted by Crippen LogP contribution is 2.27. The van der Waals surface area contributed by atoms with Crippen LogP contribution in [0.25, 0.3) is 10.8 Å². The SMILES string of the molecule is CC1CCN(Cc2csc(-c3ccco3)n2)C(C(=O)O)C1. The third-order valence-electron chi connectivity index (χ3n) is 3.91. The Morgan fingerprint density at radius 2 is 2.48 bits per heavy atom. The van der Waals surface area contributed by atoms with Gasteiger partial charge < -0.3 is 9.52 Å². The van der Waals surface area contributed by atoms with E-state index in [0.29, 0.717) is 18.9 Å². The zero-order valence-corrected chi connectivity index (χ0v) is 12.7. The van der Waals surface area contributed by atoms with Gasteiger partial charge >= 0.3 is 5.97 Å². The number of carbonyl (C=O) groups is 1. The second kappa shape index (κ2) is 5.99. The van der Waals surface area contributed by atoms with Gasteiger partial charge in [0.25, 0.3) is 0 Å². The summed E-state index contributed by atoms with van der Waals surface area (Å²) in [6, 6.07) is 3.32. The Bertz CT molecular complexity index is 608. The maximum atomic E-state index is 11.4. The van der Waals surface area contributed by atoms with E-state index in [1.54, 1.807) is 6.26 Å². The molecule has 3 rings (SSSR count). The van der Waals surface area contributed by atoms with Crippen LogP contribution >= 0.6 is 11.3 Å². The van der Waals surface area contributed by atoms with Crippen LogP contribution in [0, 0.1) is 5.92 Å². The summed E-state index contributed by atoms with van der Waals surface area (Å²) in [4.78, 5) is 18.0. The van der Waals surface area contributed by atoms with E-state index in [0.717, 1.165) is 29.4 Å². The molecule has 6 heteroatoms. The molecular formula is C15H18N2O3S. The zero-order valence-electron chi connectivity index (χ0n) is 11.9. The molecule has 0 aliphatic carbocycles. The highest BCUT2D eigenvalue weighted by Gasteiger charge is 2.31. The molecule has 0 saturated carbocycles. The lowest BCUT2D eigenvalue weighted by atomic mass is 9.92. The standard InChI is InChI=1S/C15H18N2O3S/c1-10-4-5-17(12(7-10)15(18)19)8-11-9-21-14(16-11)13-3-2-6-20-13/h2-3,6,9-10,12H,4-5,7-8H2,1H3,(H,18,19). The third-order valence-corrected chi connectivity index (χ3v) is 4.82. The van der Waals surface area contributed by atoms with Crippen LogP contribution < -0.4 is 0 Å². The van der Waals surface area contributed by atoms with Crippen LogP contribution in [-0.2, 0) is 11.3 Å². The van der Waals surface area contributed by atoms with Gasteiger partial charge in [0.2, 0.25) is 0 Å². The summed E-state index contributed by atoms with van der Waals surface area (Å²) in [6.45, 7) is 3.51. The van der Waals surface area contributed by atoms with Gasteiger partial charge in [0.15, 0.2) is 10.8 Å². The van der Waals surface area contributed by atoms with Crippen molar-refractivity contribution in [3.63, 3.8) is 0 Å². The molecule has 5 nitrogen and oxygen atoms in total. The molecule has 2 atom stereocenters. The van der Waals surface area contributed by atoms with Crippen LogP contribution in [0.2, 0.25) is 0 Å². The minimum absolute atomic E-state index is 0.400. The van der Waals surface area contributed by atoms with E-state index in [4.69, 9.17) is 4.42 Å². The monoisotopic (exact) mass is 306 g/mol. The molecule has 1 aliphatic heterocycles. The highest BCUT2D eigenvalue weighted by atomic mass is 32.1. The lowest BCUT2D eigenvalue weighted by Crippen LogP contribution is -2.46. The van der Waals surface area contributed by atoms with Gasteiger partial charge in [-0.2, -0.15) is 0 Å². The number of furan rings is 1. The van der Waals surface area contributed by atoms with Gasteiger partial charge in [-0.05, 0) is 37.4 Å². The van der Waals surface area contributed by atoms with E-state index >= 15 is 0 Å². The number of rotatable bonds is 4. The highest BCUT2D eigenvalue weighted by molar-refractivity contribution is 7.13. The molecule has 0 amide bonds. The number of carboxylic acids is 1. The first-order valence-corrected chi connectivity index (χ1v) is 7.96. The fourth-order valence-electron chi connectivity index (χ4n) is 2.74. The van der Waals surface area contributed by atoms with Crippen LogP contribution in [0.5, 0.6) is 0 Å². The summed E-state index contributed by atoms with van der Waals surface area (Å²) in [7, 11) is 0. The van der Waals surface area contributed by atoms with Crippen LogP contribution in [-0.4, -0.2) is 33.5 Å². The number of hydrogen-bond acceptors (Lipinski definition) is 5. The van der Waals surface area contributed by atoms with E-state index in [1.807, 2.05) is 22.4 Å². The van der Waals surface area contributed by atoms with Crippen LogP contribution in [0.1, 0.15) is 25.5 Å². The van der Waals surface area contributed by atoms with E-state index in [1.165, 1.54) is 11.3 Å². The van der Waals surface area contributed by atoms with Crippen molar-refractivity contribution in [2.45, 2.75) is 32.4 Å². The minimum Gasteiger partial charge on any atom is -0.480 e. The van der Waals surface area contributed by atoms with Crippen molar-refractivity contribution in [2.24, 2.45) is 5.92 Å². The van der Waals surface area contributed by atoms with E-state index in [-0.39, 0.29) is 0 Å². The zero-order chi connectivity index (χ0) is 14.8. The largest absolute Gasteiger partial charge is 0.480 e. The quantitative estimate of drug-likeness (QED) is 0.940. The average Bonchev–Trinajstić information content (AvgIpc) is 3.11. The normalized spacial score (nSPS) is 23.3. The maximum Gasteiger partial charge on any atom is 0.320 e. The fraction of sp³-hybridized carbons (Fsp3) is 0.467. The van der Waals surface area contributed by atoms with Crippen LogP contribution in [0.3, 0.4) is 0 Å². The predicted molar refractivity (Wildman–Crippen MR) is 80.0 cm³/mol. The Kier molecular flexibility index (Phi) is 4.07. The Morgan fingerprint density at radius 1 is 1.62 bits per heavy atom. The molecule has 0 spiro atoms. The maximum absolute atomic E-state index is 11.4. The number of nitrogens with zero attached hydrogens (tertiary/aromatic N) is 2. The molecule has 1 saturated heterocycles. The number of carboxylic acid groups (broad SMARTS) is 1. The molecule has 0 radical (unpaired) electrons. The molecule has 2 unspecified atom stereocenters. The van der Waals surface area contributed by atoms with Crippen molar-refractivity contribution in [1.82, 2.24) is 9.88 Å². The van der Waals surface area contributed by atoms with Gasteiger partial charge in [0.05, 0.1) is 12.0 Å². The number of piperidine rings is 1. The first kappa shape index (κ1) is 14.3. The minimum atomic E-state index is -0.733. The van der Waals surface area contributed by atoms with Gasteiger partial charge in [-0.25, -0.2) is 4.98 Å². The number of thiazole rings is 1. The lowest BCUT2D eigenvalue weighted by molar-refractivity contribution is -0.145. The lowest BCUT2D eigenvalue weighted by Gasteiger charge is -2.35. The first-order valence-electron chi connectivity index (χ1n) is 7.08. The summed E-state index contributed by atoms with van der Waals surface area (Å²) in [5.41, 5.74) is 0.909. The topological polar surface area (TPSA) is 66.6 Å². The van der Waals surface area contributed by atoms with Crippen molar-refractivity contribution in [2.75, 3.05) is 6.54 Å². The molecule has 1 N–H and O–H groups in total. The van der Waals surface area contributed by atoms with Gasteiger partial charge in [-0.15, -0.1) is 11.3 Å². The Morgan fingerprint density at radius 3 is 3.19 bits per heavy atom. The molecule has 21 heavy (non-hydrogen) atoms. The van der Waals surface area contributed by atoms with Crippen molar-refractivity contribution in [1.29, 1.82) is 0 Å². The van der Waals surface area contributed by atoms with E-state index < -0.39 is 12.0 Å². The average molecular weight is 306 g/mol. The van der Waals surface area contributed by atoms with Crippen molar-refractivity contribution in [3.05, 3.63) is 29.5 Å². The smallest absolute Gasteiger partial charge is 0.320 e. The number of likely N-dealkylation sites (tertiary alicyclic amines) is 1. The Labute approximate surface area is 127 Å². The Hall–Kier alpha value is -1.66. The predicted octanol–water partition coefficient (Wildman–Crippen LogP) is 3.09. The molecule has 1 fully saturated rings. The summed E-state index contributed by atoms with van der Waals surface area (Å²) < 4.78 is 5.34. The molecule has 1 aliphatic rings. The number of aromatic nitrogens is 1. The molecular weight excluding hydrogens is 288 g/mol. The summed E-state index contributed by atoms with van der Waals surface area (Å²) in [5.74, 6) is 0.493. The van der Waals surface area contributed by atoms with Crippen LogP contribution in [0.4, 0.5) is 0 Å². The molecule has 2 aromatic heterocycles. The summed E-state index contributed by atoms with van der Waals surface area (Å²) in [5, 5.41) is 12.2. The van der Waals surface area contributed by atoms with E-state index in [2.05, 4.69) is 11.9 Å². The molecule has 0 aromatic carbocycles. The molecule has 112 valence electrons. The van der Waals surface area contributed by atoms with Crippen molar-refractivity contribution < 1.29 is 14.3 Å². The number of hydrogen-bond donors (Lipinski definition) is 1. The first-order chi connectivity index (χ1) is 10.1. The van der Waals surface area contributed by atoms with Crippen LogP contribution in [0.15, 0.2) is 28.2 Å². The Balaban J connectivity index is 1.72. The third kappa shape index (κ3) is 3.16. The van der Waals surface area contributed by atoms with Gasteiger partial charge in [-0.3, -0.25) is 9.69 Å². The molecule has 3 heterocycles. The second-order valence-electron chi connectivity index (χ2n) is 5.58. The van der Waals surface area contributed by atoms with Crippen molar-refractivity contribution in [3.8, 4) is 10.8 Å². The van der Waals surface area contributed by atoms with E-state index in [9.17, 15) is 9.90 Å². The summed E-state index contributed by atoms with van der Waals surface area (Å²) >= 11 is 1.53. The second-order valence-corrected chi connectivity index (χ2v) is 6.43. The molecule has 2 aromatic rings. The van der Waals surface area contributed by atoms with Gasteiger partial charge in [0, 0.05) is 11.9 Å². The summed E-state index contributed by atoms with van der Waals surface area (Å²) in [6.07, 6.45) is 3.38. The van der Waals surface area contributed by atoms with Gasteiger partial charge in [0.1, 0.15) is 6.04 Å². The fourth-order valence-corrected chi connectivity index (χ4v) is 3.51. The number of aliphatic carboxylic acids is 1. The molecule has 0 bridgehead atoms. The van der Waals surface area contributed by atoms with Crippen molar-refractivity contribution >= 4 is 17.3 Å². The van der Waals surface area contributed by atoms with Gasteiger partial charge in [-0.1, -0.05) is 6.92 Å².